The molecule has 0 radical (unpaired) electrons. The molecule has 0 heterocycles. The summed E-state index contributed by atoms with van der Waals surface area (Å²) in [6.45, 7) is 4.86. The van der Waals surface area contributed by atoms with Crippen LogP contribution in [0.2, 0.25) is 0 Å². The molecule has 3 aliphatic rings. The van der Waals surface area contributed by atoms with E-state index in [4.69, 9.17) is 0 Å². The molecular weight excluding hydrogens is 180 g/mol. The highest BCUT2D eigenvalue weighted by Crippen LogP contribution is 2.56. The molecule has 15 heavy (non-hydrogen) atoms. The van der Waals surface area contributed by atoms with E-state index in [1.165, 1.54) is 32.1 Å². The number of allylic oxidation sites excluding steroid dienone is 6. The van der Waals surface area contributed by atoms with Gasteiger partial charge in [0, 0.05) is 11.3 Å². The highest BCUT2D eigenvalue weighted by atomic mass is 14.5. The molecule has 0 fully saturated rings. The van der Waals surface area contributed by atoms with Gasteiger partial charge in [-0.3, -0.25) is 0 Å². The van der Waals surface area contributed by atoms with Crippen molar-refractivity contribution in [2.24, 2.45) is 11.3 Å². The van der Waals surface area contributed by atoms with E-state index in [0.717, 1.165) is 5.92 Å². The Bertz CT molecular complexity index is 377. The van der Waals surface area contributed by atoms with E-state index in [1.54, 1.807) is 11.1 Å². The first-order chi connectivity index (χ1) is 7.21. The summed E-state index contributed by atoms with van der Waals surface area (Å²) in [6, 6.07) is 0. The van der Waals surface area contributed by atoms with Gasteiger partial charge >= 0.3 is 0 Å². The maximum atomic E-state index is 2.43. The lowest BCUT2D eigenvalue weighted by Crippen LogP contribution is -2.16. The van der Waals surface area contributed by atoms with Crippen LogP contribution in [-0.2, 0) is 0 Å². The van der Waals surface area contributed by atoms with Gasteiger partial charge in [0.25, 0.3) is 0 Å². The molecule has 1 unspecified atom stereocenters. The van der Waals surface area contributed by atoms with Gasteiger partial charge in [-0.05, 0) is 32.1 Å². The first-order valence-corrected chi connectivity index (χ1v) is 6.31. The Hall–Kier alpha value is -0.780. The zero-order valence-electron chi connectivity index (χ0n) is 9.84. The van der Waals surface area contributed by atoms with Gasteiger partial charge in [0.2, 0.25) is 0 Å². The normalized spacial score (nSPS) is 32.4. The summed E-state index contributed by atoms with van der Waals surface area (Å²) in [4.78, 5) is 0. The molecule has 3 rings (SSSR count). The fourth-order valence-corrected chi connectivity index (χ4v) is 3.80. The van der Waals surface area contributed by atoms with Gasteiger partial charge in [-0.2, -0.15) is 0 Å². The molecule has 0 spiro atoms. The second-order valence-electron chi connectivity index (χ2n) is 5.67. The van der Waals surface area contributed by atoms with Gasteiger partial charge in [-0.1, -0.05) is 48.8 Å². The number of hydrogen-bond donors (Lipinski definition) is 0. The zero-order valence-corrected chi connectivity index (χ0v) is 9.84. The molecule has 0 N–H and O–H groups in total. The monoisotopic (exact) mass is 200 g/mol. The van der Waals surface area contributed by atoms with Gasteiger partial charge in [0.1, 0.15) is 0 Å². The number of rotatable bonds is 0. The minimum absolute atomic E-state index is 0.366. The Morgan fingerprint density at radius 3 is 2.87 bits per heavy atom. The fourth-order valence-electron chi connectivity index (χ4n) is 3.80. The molecule has 0 amide bonds. The highest BCUT2D eigenvalue weighted by Gasteiger charge is 2.43. The van der Waals surface area contributed by atoms with E-state index in [-0.39, 0.29) is 0 Å². The predicted octanol–water partition coefficient (Wildman–Crippen LogP) is 4.40. The quantitative estimate of drug-likeness (QED) is 0.508. The van der Waals surface area contributed by atoms with E-state index >= 15 is 0 Å². The average molecular weight is 200 g/mol. The number of hydrogen-bond acceptors (Lipinski definition) is 0. The predicted molar refractivity (Wildman–Crippen MR) is 64.6 cm³/mol. The van der Waals surface area contributed by atoms with Crippen molar-refractivity contribution in [2.45, 2.75) is 46.0 Å². The molecule has 0 nitrogen and oxygen atoms in total. The van der Waals surface area contributed by atoms with Crippen molar-refractivity contribution in [3.63, 3.8) is 0 Å². The summed E-state index contributed by atoms with van der Waals surface area (Å²) >= 11 is 0. The largest absolute Gasteiger partial charge is 0.0836 e. The Morgan fingerprint density at radius 2 is 2.00 bits per heavy atom. The summed E-state index contributed by atoms with van der Waals surface area (Å²) < 4.78 is 0. The van der Waals surface area contributed by atoms with E-state index < -0.39 is 0 Å². The van der Waals surface area contributed by atoms with Crippen LogP contribution < -0.4 is 0 Å². The Balaban J connectivity index is 2.11. The van der Waals surface area contributed by atoms with Crippen LogP contribution in [0.15, 0.2) is 34.9 Å². The van der Waals surface area contributed by atoms with E-state index in [9.17, 15) is 0 Å². The Morgan fingerprint density at radius 1 is 1.20 bits per heavy atom. The van der Waals surface area contributed by atoms with Gasteiger partial charge in [0.15, 0.2) is 0 Å². The van der Waals surface area contributed by atoms with Crippen LogP contribution in [0.4, 0.5) is 0 Å². The van der Waals surface area contributed by atoms with Crippen molar-refractivity contribution in [3.8, 4) is 0 Å². The molecule has 80 valence electrons. The zero-order chi connectivity index (χ0) is 10.5. The minimum Gasteiger partial charge on any atom is -0.0836 e. The first-order valence-electron chi connectivity index (χ1n) is 6.31. The molecule has 0 aliphatic heterocycles. The lowest BCUT2D eigenvalue weighted by molar-refractivity contribution is 0.499. The van der Waals surface area contributed by atoms with Gasteiger partial charge in [0.05, 0.1) is 0 Å². The summed E-state index contributed by atoms with van der Waals surface area (Å²) in [6.07, 6.45) is 13.8. The van der Waals surface area contributed by atoms with Crippen LogP contribution in [0.3, 0.4) is 0 Å². The smallest absolute Gasteiger partial charge is 0.00761 e. The maximum Gasteiger partial charge on any atom is 0.00761 e. The molecule has 0 saturated heterocycles. The molecule has 0 bridgehead atoms. The Kier molecular flexibility index (Phi) is 1.95. The fraction of sp³-hybridized carbons (Fsp3) is 0.600. The van der Waals surface area contributed by atoms with Gasteiger partial charge in [-0.15, -0.1) is 0 Å². The Labute approximate surface area is 92.8 Å². The molecule has 0 aromatic rings. The topological polar surface area (TPSA) is 0 Å². The average Bonchev–Trinajstić information content (AvgIpc) is 2.51. The first kappa shape index (κ1) is 9.45. The lowest BCUT2D eigenvalue weighted by atomic mass is 9.76. The lowest BCUT2D eigenvalue weighted by Gasteiger charge is -2.28. The molecular formula is C15H20. The molecule has 0 heteroatoms. The van der Waals surface area contributed by atoms with E-state index in [2.05, 4.69) is 32.1 Å². The van der Waals surface area contributed by atoms with Crippen molar-refractivity contribution in [2.75, 3.05) is 0 Å². The van der Waals surface area contributed by atoms with Crippen LogP contribution >= 0.6 is 0 Å². The number of fused-ring (bicyclic) bond motifs is 2. The van der Waals surface area contributed by atoms with Crippen molar-refractivity contribution in [1.82, 2.24) is 0 Å². The molecule has 0 aromatic carbocycles. The van der Waals surface area contributed by atoms with Crippen LogP contribution in [0.1, 0.15) is 46.0 Å². The third kappa shape index (κ3) is 1.20. The van der Waals surface area contributed by atoms with E-state index in [1.807, 2.05) is 5.57 Å². The van der Waals surface area contributed by atoms with Crippen LogP contribution in [0.5, 0.6) is 0 Å². The van der Waals surface area contributed by atoms with Gasteiger partial charge < -0.3 is 0 Å². The minimum atomic E-state index is 0.366. The van der Waals surface area contributed by atoms with E-state index in [0.29, 0.717) is 5.41 Å². The van der Waals surface area contributed by atoms with Crippen LogP contribution in [0.25, 0.3) is 0 Å². The second-order valence-corrected chi connectivity index (χ2v) is 5.67. The third-order valence-electron chi connectivity index (χ3n) is 4.57. The van der Waals surface area contributed by atoms with Crippen molar-refractivity contribution in [1.29, 1.82) is 0 Å². The summed E-state index contributed by atoms with van der Waals surface area (Å²) in [5.74, 6) is 0.778. The second kappa shape index (κ2) is 3.10. The highest BCUT2D eigenvalue weighted by molar-refractivity contribution is 5.48. The molecule has 0 aromatic heterocycles. The van der Waals surface area contributed by atoms with Gasteiger partial charge in [-0.25, -0.2) is 0 Å². The van der Waals surface area contributed by atoms with Crippen molar-refractivity contribution >= 4 is 0 Å². The maximum absolute atomic E-state index is 2.43. The third-order valence-corrected chi connectivity index (χ3v) is 4.57. The standard InChI is InChI=1S/C15H20/c1-15(2)13-9-5-3-7-11(13)12-8-4-6-10-14(12)15/h3,5,9,11H,4,6-8,10H2,1-2H3. The van der Waals surface area contributed by atoms with Crippen LogP contribution in [-0.4, -0.2) is 0 Å². The summed E-state index contributed by atoms with van der Waals surface area (Å²) in [7, 11) is 0. The molecule has 3 aliphatic carbocycles. The van der Waals surface area contributed by atoms with Crippen molar-refractivity contribution in [3.05, 3.63) is 34.9 Å². The summed E-state index contributed by atoms with van der Waals surface area (Å²) in [5.41, 5.74) is 5.65. The summed E-state index contributed by atoms with van der Waals surface area (Å²) in [5, 5.41) is 0. The van der Waals surface area contributed by atoms with Crippen LogP contribution in [0, 0.1) is 11.3 Å². The molecule has 0 saturated carbocycles. The SMILES string of the molecule is CC1(C)C2=CC=CCC2C2=C1CCCC2. The van der Waals surface area contributed by atoms with Crippen molar-refractivity contribution < 1.29 is 0 Å². The molecule has 1 atom stereocenters.